The average Bonchev–Trinajstić information content (AvgIpc) is 2.29. The van der Waals surface area contributed by atoms with E-state index in [9.17, 15) is 35.1 Å². The first-order valence-electron chi connectivity index (χ1n) is 5.42. The van der Waals surface area contributed by atoms with Crippen LogP contribution in [0.1, 0.15) is 22.3 Å². The van der Waals surface area contributed by atoms with Gasteiger partial charge in [-0.2, -0.15) is 35.1 Å². The van der Waals surface area contributed by atoms with E-state index in [1.165, 1.54) is 13.8 Å². The van der Waals surface area contributed by atoms with E-state index in [1.54, 1.807) is 0 Å². The number of rotatable bonds is 0. The molecule has 0 radical (unpaired) electrons. The summed E-state index contributed by atoms with van der Waals surface area (Å²) in [6, 6.07) is 0.809. The van der Waals surface area contributed by atoms with Crippen LogP contribution >= 0.6 is 0 Å². The van der Waals surface area contributed by atoms with E-state index >= 15 is 0 Å². The molecule has 1 aromatic rings. The number of hydrogen-bond acceptors (Lipinski definition) is 0. The van der Waals surface area contributed by atoms with Crippen molar-refractivity contribution in [1.29, 1.82) is 0 Å². The van der Waals surface area contributed by atoms with Crippen LogP contribution in [0.15, 0.2) is 12.1 Å². The van der Waals surface area contributed by atoms with Gasteiger partial charge in [0, 0.05) is 11.1 Å². The van der Waals surface area contributed by atoms with Crippen LogP contribution in [0.5, 0.6) is 0 Å². The molecule has 1 aliphatic carbocycles. The standard InChI is InChI=1S/C12H8F8/c1-5-3-7-8(4-6(5)2)10(15,16)12(19,20)11(17,18)9(7,13)14/h3-4H,1-2H3. The summed E-state index contributed by atoms with van der Waals surface area (Å²) in [5.41, 5.74) is -3.47. The van der Waals surface area contributed by atoms with E-state index in [0.29, 0.717) is 12.1 Å². The van der Waals surface area contributed by atoms with Gasteiger partial charge in [-0.1, -0.05) is 0 Å². The summed E-state index contributed by atoms with van der Waals surface area (Å²) in [5, 5.41) is 0. The van der Waals surface area contributed by atoms with Crippen molar-refractivity contribution in [3.8, 4) is 0 Å². The summed E-state index contributed by atoms with van der Waals surface area (Å²) in [7, 11) is 0. The molecule has 20 heavy (non-hydrogen) atoms. The lowest BCUT2D eigenvalue weighted by molar-refractivity contribution is -0.386. The van der Waals surface area contributed by atoms with E-state index in [-0.39, 0.29) is 11.1 Å². The lowest BCUT2D eigenvalue weighted by atomic mass is 9.78. The summed E-state index contributed by atoms with van der Waals surface area (Å²) in [5.74, 6) is -23.1. The lowest BCUT2D eigenvalue weighted by Gasteiger charge is -2.43. The summed E-state index contributed by atoms with van der Waals surface area (Å²) in [4.78, 5) is 0. The Morgan fingerprint density at radius 1 is 0.600 bits per heavy atom. The number of alkyl halides is 8. The number of aryl methyl sites for hydroxylation is 2. The third kappa shape index (κ3) is 1.42. The van der Waals surface area contributed by atoms with Crippen molar-refractivity contribution in [2.45, 2.75) is 37.5 Å². The van der Waals surface area contributed by atoms with Crippen LogP contribution in [0, 0.1) is 13.8 Å². The smallest absolute Gasteiger partial charge is 0.194 e. The van der Waals surface area contributed by atoms with Gasteiger partial charge in [-0.25, -0.2) is 0 Å². The van der Waals surface area contributed by atoms with Crippen LogP contribution in [0.3, 0.4) is 0 Å². The summed E-state index contributed by atoms with van der Waals surface area (Å²) < 4.78 is 107. The van der Waals surface area contributed by atoms with Gasteiger partial charge in [-0.05, 0) is 37.1 Å². The number of benzene rings is 1. The van der Waals surface area contributed by atoms with E-state index in [2.05, 4.69) is 0 Å². The number of fused-ring (bicyclic) bond motifs is 1. The molecule has 0 atom stereocenters. The molecule has 0 aromatic heterocycles. The van der Waals surface area contributed by atoms with E-state index < -0.39 is 34.8 Å². The largest absolute Gasteiger partial charge is 0.382 e. The molecule has 0 unspecified atom stereocenters. The average molecular weight is 304 g/mol. The minimum atomic E-state index is -6.18. The quantitative estimate of drug-likeness (QED) is 0.606. The second kappa shape index (κ2) is 3.65. The molecule has 1 aliphatic rings. The monoisotopic (exact) mass is 304 g/mol. The zero-order valence-corrected chi connectivity index (χ0v) is 10.2. The second-order valence-electron chi connectivity index (χ2n) is 4.78. The molecule has 0 aliphatic heterocycles. The van der Waals surface area contributed by atoms with Gasteiger partial charge in [0.15, 0.2) is 0 Å². The Bertz CT molecular complexity index is 522. The maximum absolute atomic E-state index is 13.6. The SMILES string of the molecule is Cc1cc2c(cc1C)C(F)(F)C(F)(F)C(F)(F)C2(F)F. The van der Waals surface area contributed by atoms with Gasteiger partial charge in [-0.3, -0.25) is 0 Å². The van der Waals surface area contributed by atoms with Crippen molar-refractivity contribution in [2.75, 3.05) is 0 Å². The van der Waals surface area contributed by atoms with E-state index in [4.69, 9.17) is 0 Å². The van der Waals surface area contributed by atoms with Crippen LogP contribution in [-0.4, -0.2) is 11.8 Å². The van der Waals surface area contributed by atoms with E-state index in [0.717, 1.165) is 0 Å². The molecule has 0 heterocycles. The molecule has 112 valence electrons. The van der Waals surface area contributed by atoms with Crippen LogP contribution in [0.2, 0.25) is 0 Å². The minimum Gasteiger partial charge on any atom is -0.194 e. The topological polar surface area (TPSA) is 0 Å². The molecule has 8 heteroatoms. The number of hydrogen-bond donors (Lipinski definition) is 0. The van der Waals surface area contributed by atoms with Gasteiger partial charge in [0.1, 0.15) is 0 Å². The zero-order valence-electron chi connectivity index (χ0n) is 10.2. The molecule has 0 spiro atoms. The Hall–Kier alpha value is -1.34. The summed E-state index contributed by atoms with van der Waals surface area (Å²) in [6.07, 6.45) is 0. The fourth-order valence-corrected chi connectivity index (χ4v) is 2.07. The Kier molecular flexibility index (Phi) is 2.75. The fraction of sp³-hybridized carbons (Fsp3) is 0.500. The predicted octanol–water partition coefficient (Wildman–Crippen LogP) is 4.77. The highest BCUT2D eigenvalue weighted by Gasteiger charge is 2.85. The Morgan fingerprint density at radius 3 is 1.10 bits per heavy atom. The van der Waals surface area contributed by atoms with Crippen molar-refractivity contribution < 1.29 is 35.1 Å². The third-order valence-corrected chi connectivity index (χ3v) is 3.49. The Morgan fingerprint density at radius 2 is 0.850 bits per heavy atom. The molecule has 0 N–H and O–H groups in total. The summed E-state index contributed by atoms with van der Waals surface area (Å²) in [6.45, 7) is 2.46. The van der Waals surface area contributed by atoms with Gasteiger partial charge in [0.25, 0.3) is 0 Å². The normalized spacial score (nSPS) is 25.1. The minimum absolute atomic E-state index is 0.0280. The first-order chi connectivity index (χ1) is 8.78. The Labute approximate surface area is 108 Å². The van der Waals surface area contributed by atoms with Gasteiger partial charge in [-0.15, -0.1) is 0 Å². The maximum Gasteiger partial charge on any atom is 0.382 e. The van der Waals surface area contributed by atoms with E-state index in [1.807, 2.05) is 0 Å². The molecular formula is C12H8F8. The van der Waals surface area contributed by atoms with Crippen LogP contribution in [0.4, 0.5) is 35.1 Å². The van der Waals surface area contributed by atoms with Gasteiger partial charge >= 0.3 is 23.7 Å². The molecule has 0 bridgehead atoms. The van der Waals surface area contributed by atoms with Crippen molar-refractivity contribution in [2.24, 2.45) is 0 Å². The molecule has 0 fully saturated rings. The second-order valence-corrected chi connectivity index (χ2v) is 4.78. The van der Waals surface area contributed by atoms with Crippen LogP contribution < -0.4 is 0 Å². The molecule has 0 saturated heterocycles. The van der Waals surface area contributed by atoms with Crippen LogP contribution in [0.25, 0.3) is 0 Å². The highest BCUT2D eigenvalue weighted by atomic mass is 19.4. The highest BCUT2D eigenvalue weighted by Crippen LogP contribution is 2.64. The van der Waals surface area contributed by atoms with Gasteiger partial charge in [0.2, 0.25) is 0 Å². The van der Waals surface area contributed by atoms with Gasteiger partial charge < -0.3 is 0 Å². The Balaban J connectivity index is 2.92. The van der Waals surface area contributed by atoms with Crippen molar-refractivity contribution in [3.05, 3.63) is 34.4 Å². The first-order valence-corrected chi connectivity index (χ1v) is 5.42. The highest BCUT2D eigenvalue weighted by molar-refractivity contribution is 5.47. The number of halogens is 8. The molecule has 2 rings (SSSR count). The molecule has 0 amide bonds. The summed E-state index contributed by atoms with van der Waals surface area (Å²) >= 11 is 0. The van der Waals surface area contributed by atoms with Crippen molar-refractivity contribution in [3.63, 3.8) is 0 Å². The van der Waals surface area contributed by atoms with Crippen molar-refractivity contribution >= 4 is 0 Å². The molecular weight excluding hydrogens is 296 g/mol. The first kappa shape index (κ1) is 15.1. The van der Waals surface area contributed by atoms with Gasteiger partial charge in [0.05, 0.1) is 0 Å². The maximum atomic E-state index is 13.6. The zero-order chi connectivity index (χ0) is 15.7. The molecule has 0 nitrogen and oxygen atoms in total. The molecule has 1 aromatic carbocycles. The fourth-order valence-electron chi connectivity index (χ4n) is 2.07. The van der Waals surface area contributed by atoms with Crippen molar-refractivity contribution in [1.82, 2.24) is 0 Å². The third-order valence-electron chi connectivity index (χ3n) is 3.49. The molecule has 0 saturated carbocycles. The lowest BCUT2D eigenvalue weighted by Crippen LogP contribution is -2.63. The predicted molar refractivity (Wildman–Crippen MR) is 53.6 cm³/mol. The van der Waals surface area contributed by atoms with Crippen LogP contribution in [-0.2, 0) is 11.8 Å².